The van der Waals surface area contributed by atoms with Gasteiger partial charge in [0.05, 0.1) is 12.8 Å². The summed E-state index contributed by atoms with van der Waals surface area (Å²) in [5.41, 5.74) is -2.65. The molecule has 2 aromatic carbocycles. The van der Waals surface area contributed by atoms with Crippen LogP contribution in [-0.2, 0) is 34.3 Å². The lowest BCUT2D eigenvalue weighted by Gasteiger charge is -2.54. The van der Waals surface area contributed by atoms with Gasteiger partial charge in [0.25, 0.3) is 0 Å². The third kappa shape index (κ3) is 5.59. The quantitative estimate of drug-likeness (QED) is 0.171. The second-order valence-corrected chi connectivity index (χ2v) is 12.1. The monoisotopic (exact) mass is 700 g/mol. The molecule has 0 bridgehead atoms. The number of rotatable bonds is 6. The van der Waals surface area contributed by atoms with Gasteiger partial charge in [0.15, 0.2) is 29.3 Å². The Bertz CT molecular complexity index is 1750. The highest BCUT2D eigenvalue weighted by Crippen LogP contribution is 2.49. The van der Waals surface area contributed by atoms with E-state index in [4.69, 9.17) is 18.4 Å². The SMILES string of the molecule is O=S(=O)(O)O[C@H]1[C@@H](S)O[C@@H]2COC(c3ccccc3)O[C@@H]2C1(c1cncc(Br)c1)n1cc(-c2cc(F)c(F)c(F)c2)nn1. The molecule has 226 valence electrons. The lowest BCUT2D eigenvalue weighted by molar-refractivity contribution is -0.319. The van der Waals surface area contributed by atoms with E-state index in [2.05, 4.69) is 43.9 Å². The second-order valence-electron chi connectivity index (χ2n) is 9.66. The van der Waals surface area contributed by atoms with Gasteiger partial charge < -0.3 is 14.2 Å². The summed E-state index contributed by atoms with van der Waals surface area (Å²) >= 11 is 7.84. The van der Waals surface area contributed by atoms with Crippen molar-refractivity contribution in [3.8, 4) is 11.3 Å². The average molecular weight is 701 g/mol. The second kappa shape index (κ2) is 11.6. The fraction of sp³-hybridized carbons (Fsp3) is 0.269. The molecule has 43 heavy (non-hydrogen) atoms. The molecule has 0 aliphatic carbocycles. The van der Waals surface area contributed by atoms with Crippen LogP contribution < -0.4 is 0 Å². The molecular weight excluding hydrogens is 681 g/mol. The first-order valence-electron chi connectivity index (χ1n) is 12.5. The Hall–Kier alpha value is -2.90. The smallest absolute Gasteiger partial charge is 0.356 e. The normalized spacial score (nSPS) is 27.5. The molecule has 2 aliphatic rings. The van der Waals surface area contributed by atoms with Crippen LogP contribution in [0.5, 0.6) is 0 Å². The predicted octanol–water partition coefficient (Wildman–Crippen LogP) is 4.22. The van der Waals surface area contributed by atoms with E-state index in [1.165, 1.54) is 18.6 Å². The van der Waals surface area contributed by atoms with Crippen LogP contribution >= 0.6 is 28.6 Å². The van der Waals surface area contributed by atoms with E-state index < -0.39 is 63.4 Å². The Morgan fingerprint density at radius 3 is 2.49 bits per heavy atom. The summed E-state index contributed by atoms with van der Waals surface area (Å²) in [6.45, 7) is -0.0565. The highest BCUT2D eigenvalue weighted by molar-refractivity contribution is 9.10. The van der Waals surface area contributed by atoms with Crippen molar-refractivity contribution in [1.82, 2.24) is 20.0 Å². The fourth-order valence-corrected chi connectivity index (χ4v) is 6.73. The van der Waals surface area contributed by atoms with Crippen LogP contribution in [0.1, 0.15) is 17.4 Å². The Labute approximate surface area is 256 Å². The molecule has 4 aromatic rings. The van der Waals surface area contributed by atoms with Gasteiger partial charge in [0, 0.05) is 33.6 Å². The number of aromatic nitrogens is 4. The number of hydrogen-bond donors (Lipinski definition) is 2. The van der Waals surface area contributed by atoms with Crippen LogP contribution in [-0.4, -0.2) is 63.3 Å². The molecule has 17 heteroatoms. The lowest BCUT2D eigenvalue weighted by Crippen LogP contribution is -2.70. The number of fused-ring (bicyclic) bond motifs is 1. The van der Waals surface area contributed by atoms with Crippen molar-refractivity contribution in [3.05, 3.63) is 100 Å². The molecule has 6 rings (SSSR count). The molecule has 0 amide bonds. The van der Waals surface area contributed by atoms with Gasteiger partial charge in [-0.05, 0) is 34.1 Å². The number of thiol groups is 1. The van der Waals surface area contributed by atoms with Gasteiger partial charge in [0.2, 0.25) is 0 Å². The summed E-state index contributed by atoms with van der Waals surface area (Å²) in [6, 6.07) is 11.9. The van der Waals surface area contributed by atoms with Crippen molar-refractivity contribution in [2.24, 2.45) is 0 Å². The van der Waals surface area contributed by atoms with E-state index in [-0.39, 0.29) is 23.4 Å². The number of nitrogens with zero attached hydrogens (tertiary/aromatic N) is 4. The predicted molar refractivity (Wildman–Crippen MR) is 148 cm³/mol. The maximum Gasteiger partial charge on any atom is 0.397 e. The average Bonchev–Trinajstić information content (AvgIpc) is 3.46. The first kappa shape index (κ1) is 30.1. The van der Waals surface area contributed by atoms with Crippen LogP contribution in [0, 0.1) is 17.5 Å². The Balaban J connectivity index is 1.60. The van der Waals surface area contributed by atoms with E-state index in [9.17, 15) is 26.1 Å². The van der Waals surface area contributed by atoms with Crippen molar-refractivity contribution < 1.29 is 44.5 Å². The van der Waals surface area contributed by atoms with Crippen molar-refractivity contribution in [3.63, 3.8) is 0 Å². The Kier molecular flexibility index (Phi) is 8.10. The van der Waals surface area contributed by atoms with Crippen molar-refractivity contribution in [1.29, 1.82) is 0 Å². The van der Waals surface area contributed by atoms with Gasteiger partial charge in [-0.2, -0.15) is 8.42 Å². The van der Waals surface area contributed by atoms with E-state index in [1.54, 1.807) is 36.4 Å². The fourth-order valence-electron chi connectivity index (χ4n) is 5.33. The van der Waals surface area contributed by atoms with E-state index >= 15 is 0 Å². The summed E-state index contributed by atoms with van der Waals surface area (Å²) in [5.74, 6) is -4.58. The minimum Gasteiger partial charge on any atom is -0.356 e. The van der Waals surface area contributed by atoms with Crippen LogP contribution in [0.4, 0.5) is 13.2 Å². The minimum absolute atomic E-state index is 0.0565. The van der Waals surface area contributed by atoms with Crippen LogP contribution in [0.15, 0.2) is 71.6 Å². The molecule has 1 N–H and O–H groups in total. The van der Waals surface area contributed by atoms with Gasteiger partial charge in [-0.1, -0.05) is 35.5 Å². The number of pyridine rings is 1. The Morgan fingerprint density at radius 2 is 1.81 bits per heavy atom. The molecule has 2 saturated heterocycles. The molecule has 0 saturated carbocycles. The van der Waals surface area contributed by atoms with E-state index in [1.807, 2.05) is 0 Å². The molecule has 4 heterocycles. The van der Waals surface area contributed by atoms with Gasteiger partial charge in [-0.25, -0.2) is 22.0 Å². The van der Waals surface area contributed by atoms with Crippen LogP contribution in [0.3, 0.4) is 0 Å². The third-order valence-electron chi connectivity index (χ3n) is 7.08. The van der Waals surface area contributed by atoms with Gasteiger partial charge in [-0.15, -0.1) is 17.7 Å². The maximum absolute atomic E-state index is 14.1. The van der Waals surface area contributed by atoms with Crippen LogP contribution in [0.25, 0.3) is 11.3 Å². The zero-order valence-corrected chi connectivity index (χ0v) is 24.8. The van der Waals surface area contributed by atoms with E-state index in [0.29, 0.717) is 10.0 Å². The summed E-state index contributed by atoms with van der Waals surface area (Å²) < 4.78 is 102. The molecule has 0 spiro atoms. The lowest BCUT2D eigenvalue weighted by atomic mass is 9.75. The number of hydrogen-bond acceptors (Lipinski definition) is 10. The molecule has 11 nitrogen and oxygen atoms in total. The largest absolute Gasteiger partial charge is 0.397 e. The highest BCUT2D eigenvalue weighted by atomic mass is 79.9. The molecule has 2 aliphatic heterocycles. The zero-order chi connectivity index (χ0) is 30.5. The first-order chi connectivity index (χ1) is 20.5. The highest BCUT2D eigenvalue weighted by Gasteiger charge is 2.64. The molecule has 0 radical (unpaired) electrons. The summed E-state index contributed by atoms with van der Waals surface area (Å²) in [6.07, 6.45) is -0.676. The van der Waals surface area contributed by atoms with Crippen molar-refractivity contribution >= 4 is 39.0 Å². The van der Waals surface area contributed by atoms with Gasteiger partial charge >= 0.3 is 10.4 Å². The first-order valence-corrected chi connectivity index (χ1v) is 15.1. The maximum atomic E-state index is 14.1. The number of benzene rings is 2. The third-order valence-corrected chi connectivity index (χ3v) is 8.35. The molecule has 2 fully saturated rings. The molecular formula is C26H20BrF3N4O7S2. The molecule has 6 atom stereocenters. The number of ether oxygens (including phenoxy) is 3. The number of halogens is 4. The standard InChI is InChI=1S/C26H20BrF3N4O7S2/c27-16-8-15(9-31-10-16)26(34-11-19(32-33-34)14-6-17(28)21(30)18(29)7-14)22-20(39-25(42)23(26)41-43(35,36)37)12-38-24(40-22)13-4-2-1-3-5-13/h1-11,20,22-25,42H,12H2,(H,35,36,37)/t20-,22+,23+,24?,25-,26?/m1/s1. The van der Waals surface area contributed by atoms with Crippen LogP contribution in [0.2, 0.25) is 0 Å². The summed E-state index contributed by atoms with van der Waals surface area (Å²) in [7, 11) is -5.17. The van der Waals surface area contributed by atoms with Crippen molar-refractivity contribution in [2.75, 3.05) is 6.61 Å². The van der Waals surface area contributed by atoms with Crippen molar-refractivity contribution in [2.45, 2.75) is 35.6 Å². The Morgan fingerprint density at radius 1 is 1.09 bits per heavy atom. The van der Waals surface area contributed by atoms with Gasteiger partial charge in [-0.3, -0.25) is 9.54 Å². The molecule has 2 unspecified atom stereocenters. The summed E-state index contributed by atoms with van der Waals surface area (Å²) in [4.78, 5) is 4.23. The summed E-state index contributed by atoms with van der Waals surface area (Å²) in [5, 5.41) is 8.24. The minimum atomic E-state index is -5.17. The topological polar surface area (TPSA) is 135 Å². The van der Waals surface area contributed by atoms with E-state index in [0.717, 1.165) is 16.8 Å². The van der Waals surface area contributed by atoms with Gasteiger partial charge in [0.1, 0.15) is 29.4 Å². The zero-order valence-electron chi connectivity index (χ0n) is 21.5. The molecule has 2 aromatic heterocycles.